The van der Waals surface area contributed by atoms with Crippen LogP contribution in [0.5, 0.6) is 0 Å². The number of alkyl halides is 2. The van der Waals surface area contributed by atoms with E-state index in [0.717, 1.165) is 0 Å². The molecule has 1 aliphatic carbocycles. The van der Waals surface area contributed by atoms with Crippen LogP contribution in [0.1, 0.15) is 31.3 Å². The van der Waals surface area contributed by atoms with Crippen LogP contribution in [0.2, 0.25) is 0 Å². The first-order chi connectivity index (χ1) is 15.7. The molecule has 33 heavy (non-hydrogen) atoms. The fourth-order valence-corrected chi connectivity index (χ4v) is 5.49. The molecule has 0 unspecified atom stereocenters. The van der Waals surface area contributed by atoms with Crippen molar-refractivity contribution in [2.75, 3.05) is 29.6 Å². The molecular formula is C21H24F2N6O3S. The predicted octanol–water partition coefficient (Wildman–Crippen LogP) is 2.31. The highest BCUT2D eigenvalue weighted by Gasteiger charge is 2.37. The topological polar surface area (TPSA) is 113 Å². The number of nitrogens with zero attached hydrogens (tertiary/aromatic N) is 5. The van der Waals surface area contributed by atoms with E-state index in [1.807, 2.05) is 4.90 Å². The molecule has 1 aromatic carbocycles. The molecule has 2 aromatic heterocycles. The number of halogens is 2. The maximum absolute atomic E-state index is 13.2. The van der Waals surface area contributed by atoms with Gasteiger partial charge in [0.15, 0.2) is 5.65 Å². The maximum atomic E-state index is 13.2. The Labute approximate surface area is 189 Å². The van der Waals surface area contributed by atoms with Gasteiger partial charge >= 0.3 is 0 Å². The summed E-state index contributed by atoms with van der Waals surface area (Å²) in [7, 11) is -3.09. The summed E-state index contributed by atoms with van der Waals surface area (Å²) in [5.74, 6) is 0.900. The van der Waals surface area contributed by atoms with Crippen molar-refractivity contribution < 1.29 is 22.3 Å². The lowest BCUT2D eigenvalue weighted by Gasteiger charge is -2.34. The highest BCUT2D eigenvalue weighted by atomic mass is 32.2. The molecule has 1 aliphatic heterocycles. The van der Waals surface area contributed by atoms with Gasteiger partial charge in [0.1, 0.15) is 15.7 Å². The largest absolute Gasteiger partial charge is 0.391 e. The molecule has 2 aliphatic rings. The predicted molar refractivity (Wildman–Crippen MR) is 120 cm³/mol. The maximum Gasteiger partial charge on any atom is 0.263 e. The van der Waals surface area contributed by atoms with Gasteiger partial charge < -0.3 is 15.3 Å². The number of sulfone groups is 1. The number of β-amino-alcohol motifs (C(OH)–C–C–N with tert-alkyl or cyclic N) is 1. The number of hydrogen-bond acceptors (Lipinski definition) is 8. The molecule has 12 heteroatoms. The quantitative estimate of drug-likeness (QED) is 0.555. The summed E-state index contributed by atoms with van der Waals surface area (Å²) < 4.78 is 51.4. The van der Waals surface area contributed by atoms with Crippen molar-refractivity contribution in [3.63, 3.8) is 0 Å². The van der Waals surface area contributed by atoms with Crippen LogP contribution < -0.4 is 10.2 Å². The minimum atomic E-state index is -3.09. The highest BCUT2D eigenvalue weighted by Crippen LogP contribution is 2.33. The SMILES string of the molecule is CS(=O)(=O)[C@H]1C[C@H](Nc2nc(N3CC[C@@H](O)C3)c3cnn(-c4cccc(C(F)F)c4)c3n2)C1. The van der Waals surface area contributed by atoms with E-state index in [9.17, 15) is 22.3 Å². The fraction of sp³-hybridized carbons (Fsp3) is 0.476. The first-order valence-corrected chi connectivity index (χ1v) is 12.7. The van der Waals surface area contributed by atoms with E-state index in [1.165, 1.54) is 23.1 Å². The van der Waals surface area contributed by atoms with Crippen LogP contribution in [0.15, 0.2) is 30.5 Å². The number of aromatic nitrogens is 4. The van der Waals surface area contributed by atoms with Gasteiger partial charge in [0.2, 0.25) is 5.95 Å². The Bertz CT molecular complexity index is 1290. The van der Waals surface area contributed by atoms with Crippen molar-refractivity contribution in [1.29, 1.82) is 0 Å². The van der Waals surface area contributed by atoms with Gasteiger partial charge in [-0.2, -0.15) is 15.1 Å². The molecule has 2 N–H and O–H groups in total. The lowest BCUT2D eigenvalue weighted by atomic mass is 9.92. The van der Waals surface area contributed by atoms with E-state index in [-0.39, 0.29) is 16.9 Å². The summed E-state index contributed by atoms with van der Waals surface area (Å²) in [5.41, 5.74) is 0.766. The van der Waals surface area contributed by atoms with Gasteiger partial charge in [0.05, 0.1) is 28.6 Å². The Morgan fingerprint density at radius 3 is 2.70 bits per heavy atom. The number of fused-ring (bicyclic) bond motifs is 1. The summed E-state index contributed by atoms with van der Waals surface area (Å²) in [6.45, 7) is 1.02. The van der Waals surface area contributed by atoms with Crippen molar-refractivity contribution in [1.82, 2.24) is 19.7 Å². The van der Waals surface area contributed by atoms with E-state index in [0.29, 0.717) is 60.8 Å². The second-order valence-electron chi connectivity index (χ2n) is 8.71. The molecule has 3 aromatic rings. The van der Waals surface area contributed by atoms with Crippen molar-refractivity contribution >= 4 is 32.6 Å². The average Bonchev–Trinajstić information content (AvgIpc) is 3.35. The highest BCUT2D eigenvalue weighted by molar-refractivity contribution is 7.91. The van der Waals surface area contributed by atoms with Gasteiger partial charge in [-0.15, -0.1) is 0 Å². The molecule has 9 nitrogen and oxygen atoms in total. The number of aliphatic hydroxyl groups is 1. The van der Waals surface area contributed by atoms with Crippen molar-refractivity contribution in [3.8, 4) is 5.69 Å². The van der Waals surface area contributed by atoms with Gasteiger partial charge in [-0.3, -0.25) is 0 Å². The second-order valence-corrected chi connectivity index (χ2v) is 11.0. The Morgan fingerprint density at radius 2 is 2.03 bits per heavy atom. The zero-order valence-electron chi connectivity index (χ0n) is 17.9. The molecule has 0 radical (unpaired) electrons. The molecule has 2 fully saturated rings. The second kappa shape index (κ2) is 8.17. The standard InChI is InChI=1S/C21H24F2N6O3S/c1-33(31,32)16-8-13(9-16)25-21-26-19(28-6-5-15(30)11-28)17-10-24-29(20(17)27-21)14-4-2-3-12(7-14)18(22)23/h2-4,7,10,13,15-16,18,30H,5-6,8-9,11H2,1H3,(H,25,26,27)/t13-,15-,16-/m1/s1. The molecule has 176 valence electrons. The van der Waals surface area contributed by atoms with E-state index < -0.39 is 22.4 Å². The van der Waals surface area contributed by atoms with Gasteiger partial charge in [-0.05, 0) is 31.4 Å². The van der Waals surface area contributed by atoms with Crippen LogP contribution in [0.25, 0.3) is 16.7 Å². The smallest absolute Gasteiger partial charge is 0.263 e. The Hall–Kier alpha value is -2.86. The first kappa shape index (κ1) is 22.0. The average molecular weight is 479 g/mol. The van der Waals surface area contributed by atoms with E-state index >= 15 is 0 Å². The molecule has 0 spiro atoms. The molecule has 5 rings (SSSR count). The third kappa shape index (κ3) is 4.24. The van der Waals surface area contributed by atoms with Crippen LogP contribution >= 0.6 is 0 Å². The van der Waals surface area contributed by atoms with E-state index in [4.69, 9.17) is 0 Å². The summed E-state index contributed by atoms with van der Waals surface area (Å²) in [6, 6.07) is 5.86. The molecule has 3 heterocycles. The Balaban J connectivity index is 1.54. The molecule has 0 amide bonds. The normalized spacial score (nSPS) is 23.3. The minimum Gasteiger partial charge on any atom is -0.391 e. The van der Waals surface area contributed by atoms with Crippen LogP contribution in [0, 0.1) is 0 Å². The van der Waals surface area contributed by atoms with Crippen LogP contribution in [0.3, 0.4) is 0 Å². The summed E-state index contributed by atoms with van der Waals surface area (Å²) in [5, 5.41) is 17.9. The third-order valence-corrected chi connectivity index (χ3v) is 7.87. The Kier molecular flexibility index (Phi) is 5.44. The molecule has 1 saturated heterocycles. The number of anilines is 2. The molecule has 1 atom stereocenters. The minimum absolute atomic E-state index is 0.0854. The zero-order chi connectivity index (χ0) is 23.3. The first-order valence-electron chi connectivity index (χ1n) is 10.7. The van der Waals surface area contributed by atoms with Crippen molar-refractivity contribution in [2.45, 2.75) is 43.1 Å². The van der Waals surface area contributed by atoms with Gasteiger partial charge in [0.25, 0.3) is 6.43 Å². The number of nitrogens with one attached hydrogen (secondary N) is 1. The summed E-state index contributed by atoms with van der Waals surface area (Å²) >= 11 is 0. The molecule has 0 bridgehead atoms. The Morgan fingerprint density at radius 1 is 1.24 bits per heavy atom. The number of hydrogen-bond donors (Lipinski definition) is 2. The van der Waals surface area contributed by atoms with Crippen LogP contribution in [-0.2, 0) is 9.84 Å². The summed E-state index contributed by atoms with van der Waals surface area (Å²) in [6.07, 6.45) is 1.29. The van der Waals surface area contributed by atoms with E-state index in [2.05, 4.69) is 20.4 Å². The van der Waals surface area contributed by atoms with Gasteiger partial charge in [0, 0.05) is 31.0 Å². The summed E-state index contributed by atoms with van der Waals surface area (Å²) in [4.78, 5) is 11.2. The third-order valence-electron chi connectivity index (χ3n) is 6.27. The van der Waals surface area contributed by atoms with Crippen LogP contribution in [-0.4, -0.2) is 70.0 Å². The number of aliphatic hydroxyl groups excluding tert-OH is 1. The number of rotatable bonds is 6. The molecular weight excluding hydrogens is 454 g/mol. The zero-order valence-corrected chi connectivity index (χ0v) is 18.7. The fourth-order valence-electron chi connectivity index (χ4n) is 4.33. The monoisotopic (exact) mass is 478 g/mol. The lowest BCUT2D eigenvalue weighted by molar-refractivity contribution is 0.151. The lowest BCUT2D eigenvalue weighted by Crippen LogP contribution is -2.43. The number of benzene rings is 1. The van der Waals surface area contributed by atoms with Crippen molar-refractivity contribution in [3.05, 3.63) is 36.0 Å². The van der Waals surface area contributed by atoms with Gasteiger partial charge in [-0.25, -0.2) is 21.9 Å². The van der Waals surface area contributed by atoms with Crippen molar-refractivity contribution in [2.24, 2.45) is 0 Å². The van der Waals surface area contributed by atoms with E-state index in [1.54, 1.807) is 18.3 Å². The molecule has 1 saturated carbocycles. The van der Waals surface area contributed by atoms with Crippen LogP contribution in [0.4, 0.5) is 20.5 Å². The van der Waals surface area contributed by atoms with Gasteiger partial charge in [-0.1, -0.05) is 12.1 Å².